The van der Waals surface area contributed by atoms with Gasteiger partial charge in [0.25, 0.3) is 17.7 Å². The van der Waals surface area contributed by atoms with Crippen molar-refractivity contribution in [1.82, 2.24) is 4.90 Å². The number of hydrogen-bond acceptors (Lipinski definition) is 6. The number of aryl methyl sites for hydroxylation is 1. The van der Waals surface area contributed by atoms with Crippen molar-refractivity contribution in [2.24, 2.45) is 5.14 Å². The second-order valence-electron chi connectivity index (χ2n) is 8.27. The maximum atomic E-state index is 12.9. The average molecular weight is 508 g/mol. The van der Waals surface area contributed by atoms with Gasteiger partial charge in [0, 0.05) is 12.1 Å². The molecule has 4 N–H and O–H groups in total. The zero-order valence-electron chi connectivity index (χ0n) is 19.0. The summed E-state index contributed by atoms with van der Waals surface area (Å²) in [5.41, 5.74) is 1.77. The molecule has 0 radical (unpaired) electrons. The van der Waals surface area contributed by atoms with Gasteiger partial charge in [-0.3, -0.25) is 19.3 Å². The molecule has 0 bridgehead atoms. The molecule has 4 rings (SSSR count). The first-order chi connectivity index (χ1) is 17.0. The summed E-state index contributed by atoms with van der Waals surface area (Å²) in [6.07, 6.45) is 0.287. The minimum Gasteiger partial charge on any atom is -0.478 e. The fourth-order valence-corrected chi connectivity index (χ4v) is 4.38. The van der Waals surface area contributed by atoms with Gasteiger partial charge in [0.2, 0.25) is 10.0 Å². The third-order valence-corrected chi connectivity index (χ3v) is 6.69. The number of rotatable bonds is 7. The largest absolute Gasteiger partial charge is 0.478 e. The highest BCUT2D eigenvalue weighted by Crippen LogP contribution is 2.26. The van der Waals surface area contributed by atoms with Gasteiger partial charge in [-0.05, 0) is 61.4 Å². The molecule has 3 amide bonds. The summed E-state index contributed by atoms with van der Waals surface area (Å²) < 4.78 is 22.8. The average Bonchev–Trinajstić information content (AvgIpc) is 3.07. The van der Waals surface area contributed by atoms with Gasteiger partial charge in [0.1, 0.15) is 0 Å². The van der Waals surface area contributed by atoms with E-state index in [2.05, 4.69) is 5.32 Å². The molecule has 0 spiro atoms. The van der Waals surface area contributed by atoms with Crippen LogP contribution in [0.2, 0.25) is 0 Å². The molecule has 1 aliphatic heterocycles. The second kappa shape index (κ2) is 9.36. The number of carboxylic acid groups (broad SMARTS) is 1. The number of anilines is 1. The molecular formula is C25H21N3O7S. The number of aromatic carboxylic acids is 1. The topological polar surface area (TPSA) is 164 Å². The SMILES string of the molecule is Cc1ccc(NC(=O)c2ccc3c(c2)C(=O)N(CCc2ccc(S(N)(=O)=O)cc2)C3=O)c(C(=O)O)c1. The van der Waals surface area contributed by atoms with Gasteiger partial charge in [-0.15, -0.1) is 0 Å². The normalized spacial score (nSPS) is 13.0. The maximum absolute atomic E-state index is 12.9. The van der Waals surface area contributed by atoms with Crippen molar-refractivity contribution in [3.05, 3.63) is 94.0 Å². The molecular weight excluding hydrogens is 486 g/mol. The molecule has 0 saturated heterocycles. The van der Waals surface area contributed by atoms with Crippen LogP contribution >= 0.6 is 0 Å². The molecule has 0 aromatic heterocycles. The minimum absolute atomic E-state index is 0.0427. The first-order valence-electron chi connectivity index (χ1n) is 10.7. The Labute approximate surface area is 206 Å². The molecule has 36 heavy (non-hydrogen) atoms. The van der Waals surface area contributed by atoms with Crippen LogP contribution in [-0.4, -0.2) is 48.7 Å². The quantitative estimate of drug-likeness (QED) is 0.413. The highest BCUT2D eigenvalue weighted by molar-refractivity contribution is 7.89. The third kappa shape index (κ3) is 4.88. The highest BCUT2D eigenvalue weighted by Gasteiger charge is 2.35. The number of hydrogen-bond donors (Lipinski definition) is 3. The highest BCUT2D eigenvalue weighted by atomic mass is 32.2. The molecule has 0 saturated carbocycles. The van der Waals surface area contributed by atoms with Crippen LogP contribution in [-0.2, 0) is 16.4 Å². The molecule has 0 fully saturated rings. The van der Waals surface area contributed by atoms with Gasteiger partial charge in [-0.25, -0.2) is 18.4 Å². The van der Waals surface area contributed by atoms with Gasteiger partial charge in [-0.1, -0.05) is 23.8 Å². The Morgan fingerprint density at radius 2 is 1.61 bits per heavy atom. The summed E-state index contributed by atoms with van der Waals surface area (Å²) in [5, 5.41) is 17.0. The van der Waals surface area contributed by atoms with E-state index in [1.807, 2.05) is 0 Å². The molecule has 11 heteroatoms. The maximum Gasteiger partial charge on any atom is 0.337 e. The molecule has 1 aliphatic rings. The number of fused-ring (bicyclic) bond motifs is 1. The fraction of sp³-hybridized carbons (Fsp3) is 0.120. The van der Waals surface area contributed by atoms with E-state index in [1.165, 1.54) is 42.5 Å². The molecule has 0 atom stereocenters. The van der Waals surface area contributed by atoms with Crippen LogP contribution in [0, 0.1) is 6.92 Å². The van der Waals surface area contributed by atoms with Crippen LogP contribution < -0.4 is 10.5 Å². The van der Waals surface area contributed by atoms with Crippen molar-refractivity contribution in [2.45, 2.75) is 18.2 Å². The predicted molar refractivity (Wildman–Crippen MR) is 129 cm³/mol. The number of imide groups is 1. The summed E-state index contributed by atoms with van der Waals surface area (Å²) in [6, 6.07) is 14.5. The summed E-state index contributed by atoms with van der Waals surface area (Å²) in [5.74, 6) is -2.89. The van der Waals surface area contributed by atoms with Gasteiger partial charge in [0.15, 0.2) is 0 Å². The lowest BCUT2D eigenvalue weighted by molar-refractivity contribution is 0.0652. The zero-order valence-corrected chi connectivity index (χ0v) is 19.8. The van der Waals surface area contributed by atoms with Crippen molar-refractivity contribution in [3.63, 3.8) is 0 Å². The summed E-state index contributed by atoms with van der Waals surface area (Å²) >= 11 is 0. The predicted octanol–water partition coefficient (Wildman–Crippen LogP) is 2.43. The number of sulfonamides is 1. The Morgan fingerprint density at radius 1 is 0.944 bits per heavy atom. The Hall–Kier alpha value is -4.35. The van der Waals surface area contributed by atoms with Crippen molar-refractivity contribution in [3.8, 4) is 0 Å². The molecule has 0 unspecified atom stereocenters. The number of primary sulfonamides is 1. The standard InChI is InChI=1S/C25H21N3O7S/c1-14-2-9-21(20(12-14)25(32)33)27-22(29)16-5-8-18-19(13-16)24(31)28(23(18)30)11-10-15-3-6-17(7-4-15)36(26,34)35/h2-9,12-13H,10-11H2,1H3,(H,27,29)(H,32,33)(H2,26,34,35). The zero-order chi connectivity index (χ0) is 26.2. The van der Waals surface area contributed by atoms with Crippen LogP contribution in [0.15, 0.2) is 65.6 Å². The number of nitrogens with two attached hydrogens (primary N) is 1. The first kappa shape index (κ1) is 24.8. The number of amides is 3. The van der Waals surface area contributed by atoms with Crippen molar-refractivity contribution >= 4 is 39.4 Å². The van der Waals surface area contributed by atoms with E-state index < -0.39 is 33.7 Å². The van der Waals surface area contributed by atoms with Crippen molar-refractivity contribution in [1.29, 1.82) is 0 Å². The summed E-state index contributed by atoms with van der Waals surface area (Å²) in [4.78, 5) is 51.0. The second-order valence-corrected chi connectivity index (χ2v) is 9.83. The lowest BCUT2D eigenvalue weighted by Crippen LogP contribution is -2.31. The Bertz CT molecular complexity index is 1530. The van der Waals surface area contributed by atoms with E-state index in [1.54, 1.807) is 25.1 Å². The van der Waals surface area contributed by atoms with Crippen molar-refractivity contribution < 1.29 is 32.7 Å². The Kier molecular flexibility index (Phi) is 6.44. The number of nitrogens with zero attached hydrogens (tertiary/aromatic N) is 1. The number of benzene rings is 3. The van der Waals surface area contributed by atoms with E-state index >= 15 is 0 Å². The van der Waals surface area contributed by atoms with E-state index in [0.29, 0.717) is 11.1 Å². The lowest BCUT2D eigenvalue weighted by Gasteiger charge is -2.13. The monoisotopic (exact) mass is 507 g/mol. The Morgan fingerprint density at radius 3 is 2.25 bits per heavy atom. The third-order valence-electron chi connectivity index (χ3n) is 5.76. The number of carbonyl (C=O) groups is 4. The molecule has 3 aromatic rings. The van der Waals surface area contributed by atoms with Gasteiger partial charge >= 0.3 is 5.97 Å². The van der Waals surface area contributed by atoms with Crippen molar-refractivity contribution in [2.75, 3.05) is 11.9 Å². The fourth-order valence-electron chi connectivity index (χ4n) is 3.86. The molecule has 3 aromatic carbocycles. The molecule has 0 aliphatic carbocycles. The van der Waals surface area contributed by atoms with E-state index in [0.717, 1.165) is 4.90 Å². The molecule has 10 nitrogen and oxygen atoms in total. The minimum atomic E-state index is -3.82. The van der Waals surface area contributed by atoms with Crippen LogP contribution in [0.1, 0.15) is 52.6 Å². The van der Waals surface area contributed by atoms with Gasteiger partial charge in [0.05, 0.1) is 27.3 Å². The summed E-state index contributed by atoms with van der Waals surface area (Å²) in [7, 11) is -3.82. The van der Waals surface area contributed by atoms with Gasteiger partial charge in [-0.2, -0.15) is 0 Å². The van der Waals surface area contributed by atoms with E-state index in [-0.39, 0.29) is 45.8 Å². The van der Waals surface area contributed by atoms with E-state index in [9.17, 15) is 32.7 Å². The summed E-state index contributed by atoms with van der Waals surface area (Å²) in [6.45, 7) is 1.78. The van der Waals surface area contributed by atoms with Gasteiger partial charge < -0.3 is 10.4 Å². The number of carboxylic acids is 1. The smallest absolute Gasteiger partial charge is 0.337 e. The lowest BCUT2D eigenvalue weighted by atomic mass is 10.0. The molecule has 184 valence electrons. The van der Waals surface area contributed by atoms with Crippen LogP contribution in [0.5, 0.6) is 0 Å². The van der Waals surface area contributed by atoms with Crippen LogP contribution in [0.4, 0.5) is 5.69 Å². The van der Waals surface area contributed by atoms with Crippen LogP contribution in [0.3, 0.4) is 0 Å². The van der Waals surface area contributed by atoms with E-state index in [4.69, 9.17) is 5.14 Å². The number of carbonyl (C=O) groups excluding carboxylic acids is 3. The number of nitrogens with one attached hydrogen (secondary N) is 1. The Balaban J connectivity index is 1.50. The first-order valence-corrected chi connectivity index (χ1v) is 12.3. The van der Waals surface area contributed by atoms with Crippen LogP contribution in [0.25, 0.3) is 0 Å². The molecule has 1 heterocycles.